The van der Waals surface area contributed by atoms with Crippen molar-refractivity contribution in [1.82, 2.24) is 4.90 Å². The van der Waals surface area contributed by atoms with Crippen LogP contribution in [0.1, 0.15) is 42.5 Å². The average Bonchev–Trinajstić information content (AvgIpc) is 3.38. The first-order valence-electron chi connectivity index (χ1n) is 11.0. The molecule has 1 atom stereocenters. The Morgan fingerprint density at radius 2 is 1.77 bits per heavy atom. The molecule has 0 radical (unpaired) electrons. The van der Waals surface area contributed by atoms with Crippen LogP contribution in [-0.4, -0.2) is 30.1 Å². The van der Waals surface area contributed by atoms with E-state index in [1.807, 2.05) is 19.9 Å². The largest absolute Gasteiger partial charge is 0.480 e. The monoisotopic (exact) mass is 529 g/mol. The van der Waals surface area contributed by atoms with Crippen LogP contribution in [-0.2, 0) is 32.1 Å². The van der Waals surface area contributed by atoms with E-state index in [0.717, 1.165) is 29.5 Å². The van der Waals surface area contributed by atoms with Gasteiger partial charge in [-0.1, -0.05) is 49.2 Å². The fourth-order valence-corrected chi connectivity index (χ4v) is 5.47. The Kier molecular flexibility index (Phi) is 5.66. The minimum Gasteiger partial charge on any atom is -0.480 e. The van der Waals surface area contributed by atoms with Crippen LogP contribution >= 0.6 is 23.2 Å². The molecule has 3 aliphatic rings. The molecule has 4 nitrogen and oxygen atoms in total. The number of fused-ring (bicyclic) bond motifs is 2. The Morgan fingerprint density at radius 1 is 1.11 bits per heavy atom. The zero-order valence-electron chi connectivity index (χ0n) is 18.8. The van der Waals surface area contributed by atoms with Crippen molar-refractivity contribution >= 4 is 34.7 Å². The van der Waals surface area contributed by atoms with Crippen molar-refractivity contribution in [2.45, 2.75) is 44.3 Å². The third-order valence-electron chi connectivity index (χ3n) is 6.92. The van der Waals surface area contributed by atoms with Gasteiger partial charge in [0.15, 0.2) is 5.82 Å². The predicted octanol–water partition coefficient (Wildman–Crippen LogP) is 6.58. The Labute approximate surface area is 209 Å². The van der Waals surface area contributed by atoms with Gasteiger partial charge in [0.2, 0.25) is 11.5 Å². The molecule has 0 saturated carbocycles. The standard InChI is InChI=1S/C25H21Cl2F4NO3/c1-13(2)22(33)32-11-23(12-32)18-4-3-14(5-15(18)9-34-23)16-8-24(35-10-16,25(29,30)31)17-6-19(26)21(28)20(27)7-17/h3-7,10,13H,8-9,11-12H2,1-2H3. The number of carbonyl (C=O) groups is 1. The number of rotatable bonds is 3. The molecule has 1 spiro atoms. The molecule has 1 fully saturated rings. The van der Waals surface area contributed by atoms with Gasteiger partial charge in [0.1, 0.15) is 5.60 Å². The average molecular weight is 530 g/mol. The summed E-state index contributed by atoms with van der Waals surface area (Å²) in [5.74, 6) is -1.04. The summed E-state index contributed by atoms with van der Waals surface area (Å²) in [5, 5.41) is -1.03. The second-order valence-corrected chi connectivity index (χ2v) is 10.3. The SMILES string of the molecule is CC(C)C(=O)N1CC2(C1)OCc1cc(C3=COC(c4cc(Cl)c(F)c(Cl)c4)(C(F)(F)F)C3)ccc12. The molecular weight excluding hydrogens is 509 g/mol. The van der Waals surface area contributed by atoms with Gasteiger partial charge in [0, 0.05) is 17.9 Å². The summed E-state index contributed by atoms with van der Waals surface area (Å²) in [6, 6.07) is 7.16. The molecule has 2 aromatic rings. The maximum absolute atomic E-state index is 14.3. The van der Waals surface area contributed by atoms with Crippen molar-refractivity contribution < 1.29 is 31.8 Å². The van der Waals surface area contributed by atoms with Crippen molar-refractivity contribution in [2.75, 3.05) is 13.1 Å². The highest BCUT2D eigenvalue weighted by molar-refractivity contribution is 6.35. The summed E-state index contributed by atoms with van der Waals surface area (Å²) in [4.78, 5) is 14.0. The Bertz CT molecular complexity index is 1230. The summed E-state index contributed by atoms with van der Waals surface area (Å²) in [5.41, 5.74) is -1.01. The number of hydrogen-bond acceptors (Lipinski definition) is 3. The van der Waals surface area contributed by atoms with Crippen LogP contribution in [0.25, 0.3) is 5.57 Å². The predicted molar refractivity (Wildman–Crippen MR) is 122 cm³/mol. The highest BCUT2D eigenvalue weighted by Crippen LogP contribution is 2.53. The number of ether oxygens (including phenoxy) is 2. The van der Waals surface area contributed by atoms with Crippen molar-refractivity contribution in [3.8, 4) is 0 Å². The van der Waals surface area contributed by atoms with Crippen molar-refractivity contribution in [3.05, 3.63) is 74.7 Å². The zero-order valence-corrected chi connectivity index (χ0v) is 20.3. The highest BCUT2D eigenvalue weighted by atomic mass is 35.5. The van der Waals surface area contributed by atoms with Gasteiger partial charge in [-0.25, -0.2) is 4.39 Å². The lowest BCUT2D eigenvalue weighted by Gasteiger charge is -2.48. The molecule has 1 unspecified atom stereocenters. The van der Waals surface area contributed by atoms with Gasteiger partial charge < -0.3 is 14.4 Å². The molecule has 0 aromatic heterocycles. The number of amides is 1. The third-order valence-corrected chi connectivity index (χ3v) is 7.47. The first-order valence-corrected chi connectivity index (χ1v) is 11.8. The third kappa shape index (κ3) is 3.72. The summed E-state index contributed by atoms with van der Waals surface area (Å²) < 4.78 is 68.1. The highest BCUT2D eigenvalue weighted by Gasteiger charge is 2.61. The lowest BCUT2D eigenvalue weighted by atomic mass is 9.82. The fraction of sp³-hybridized carbons (Fsp3) is 0.400. The van der Waals surface area contributed by atoms with Gasteiger partial charge in [-0.15, -0.1) is 0 Å². The molecule has 1 amide bonds. The smallest absolute Gasteiger partial charge is 0.432 e. The number of nitrogens with zero attached hydrogens (tertiary/aromatic N) is 1. The summed E-state index contributed by atoms with van der Waals surface area (Å²) in [6.45, 7) is 4.88. The second kappa shape index (κ2) is 8.11. The molecule has 1 saturated heterocycles. The van der Waals surface area contributed by atoms with E-state index in [4.69, 9.17) is 32.7 Å². The van der Waals surface area contributed by atoms with E-state index in [-0.39, 0.29) is 17.4 Å². The van der Waals surface area contributed by atoms with Crippen molar-refractivity contribution in [2.24, 2.45) is 5.92 Å². The Morgan fingerprint density at radius 3 is 2.37 bits per heavy atom. The summed E-state index contributed by atoms with van der Waals surface area (Å²) in [7, 11) is 0. The van der Waals surface area contributed by atoms with Gasteiger partial charge in [0.05, 0.1) is 36.0 Å². The topological polar surface area (TPSA) is 38.8 Å². The van der Waals surface area contributed by atoms with Crippen LogP contribution in [0.3, 0.4) is 0 Å². The molecule has 0 bridgehead atoms. The molecular formula is C25H21Cl2F4NO3. The molecule has 186 valence electrons. The van der Waals surface area contributed by atoms with E-state index in [1.54, 1.807) is 17.0 Å². The van der Waals surface area contributed by atoms with E-state index in [0.29, 0.717) is 30.8 Å². The maximum Gasteiger partial charge on any atom is 0.432 e. The fourth-order valence-electron chi connectivity index (χ4n) is 4.99. The molecule has 2 aromatic carbocycles. The van der Waals surface area contributed by atoms with Gasteiger partial charge >= 0.3 is 6.18 Å². The molecule has 35 heavy (non-hydrogen) atoms. The van der Waals surface area contributed by atoms with Gasteiger partial charge in [0.25, 0.3) is 0 Å². The van der Waals surface area contributed by atoms with E-state index in [2.05, 4.69) is 0 Å². The number of carbonyl (C=O) groups excluding carboxylic acids is 1. The minimum atomic E-state index is -4.82. The molecule has 5 rings (SSSR count). The number of benzene rings is 2. The van der Waals surface area contributed by atoms with Crippen LogP contribution in [0.5, 0.6) is 0 Å². The van der Waals surface area contributed by atoms with E-state index in [9.17, 15) is 22.4 Å². The Balaban J connectivity index is 1.42. The quantitative estimate of drug-likeness (QED) is 0.333. The van der Waals surface area contributed by atoms with E-state index >= 15 is 0 Å². The summed E-state index contributed by atoms with van der Waals surface area (Å²) >= 11 is 11.6. The number of hydrogen-bond donors (Lipinski definition) is 0. The van der Waals surface area contributed by atoms with E-state index < -0.39 is 39.7 Å². The van der Waals surface area contributed by atoms with E-state index in [1.165, 1.54) is 0 Å². The van der Waals surface area contributed by atoms with Crippen molar-refractivity contribution in [1.29, 1.82) is 0 Å². The van der Waals surface area contributed by atoms with Crippen molar-refractivity contribution in [3.63, 3.8) is 0 Å². The molecule has 0 aliphatic carbocycles. The van der Waals surface area contributed by atoms with Crippen LogP contribution in [0.15, 0.2) is 36.6 Å². The number of alkyl halides is 3. The minimum absolute atomic E-state index is 0.0574. The van der Waals surface area contributed by atoms with Gasteiger partial charge in [-0.05, 0) is 40.5 Å². The lowest BCUT2D eigenvalue weighted by Crippen LogP contribution is -2.61. The number of likely N-dealkylation sites (tertiary alicyclic amines) is 1. The first kappa shape index (κ1) is 24.4. The zero-order chi connectivity index (χ0) is 25.3. The second-order valence-electron chi connectivity index (χ2n) is 9.52. The van der Waals surface area contributed by atoms with Crippen LogP contribution in [0, 0.1) is 11.7 Å². The normalized spacial score (nSPS) is 22.8. The van der Waals surface area contributed by atoms with Crippen LogP contribution < -0.4 is 0 Å². The molecule has 3 heterocycles. The van der Waals surface area contributed by atoms with Crippen LogP contribution in [0.4, 0.5) is 17.6 Å². The Hall–Kier alpha value is -2.29. The lowest BCUT2D eigenvalue weighted by molar-refractivity contribution is -0.260. The first-order chi connectivity index (χ1) is 16.4. The van der Waals surface area contributed by atoms with Crippen LogP contribution in [0.2, 0.25) is 10.0 Å². The van der Waals surface area contributed by atoms with Gasteiger partial charge in [-0.2, -0.15) is 13.2 Å². The van der Waals surface area contributed by atoms with Gasteiger partial charge in [-0.3, -0.25) is 4.79 Å². The molecule has 0 N–H and O–H groups in total. The molecule has 10 heteroatoms. The summed E-state index contributed by atoms with van der Waals surface area (Å²) in [6.07, 6.45) is -4.27. The maximum atomic E-state index is 14.3. The molecule has 3 aliphatic heterocycles. The number of halogens is 6.